The molecule has 0 fully saturated rings. The van der Waals surface area contributed by atoms with Crippen LogP contribution in [0.2, 0.25) is 0 Å². The molecule has 0 unspecified atom stereocenters. The lowest BCUT2D eigenvalue weighted by molar-refractivity contribution is 0.671. The van der Waals surface area contributed by atoms with E-state index in [0.717, 1.165) is 10.3 Å². The first kappa shape index (κ1) is 13.6. The Balaban J connectivity index is 2.21. The summed E-state index contributed by atoms with van der Waals surface area (Å²) in [5.74, 6) is 0. The highest BCUT2D eigenvalue weighted by molar-refractivity contribution is 5.47. The van der Waals surface area contributed by atoms with E-state index in [-0.39, 0.29) is 11.2 Å². The van der Waals surface area contributed by atoms with Crippen LogP contribution in [0.1, 0.15) is 11.1 Å². The van der Waals surface area contributed by atoms with Gasteiger partial charge in [0.05, 0.1) is 17.2 Å². The van der Waals surface area contributed by atoms with Crippen molar-refractivity contribution in [3.05, 3.63) is 62.4 Å². The molecule has 0 aliphatic carbocycles. The molecule has 102 valence electrons. The van der Waals surface area contributed by atoms with Gasteiger partial charge in [0.2, 0.25) is 0 Å². The van der Waals surface area contributed by atoms with E-state index in [4.69, 9.17) is 5.26 Å². The monoisotopic (exact) mass is 270 g/mol. The molecule has 2 aromatic rings. The lowest BCUT2D eigenvalue weighted by atomic mass is 10.2. The minimum Gasteiger partial charge on any atom is -0.381 e. The molecule has 1 aromatic carbocycles. The average molecular weight is 270 g/mol. The molecule has 0 saturated carbocycles. The van der Waals surface area contributed by atoms with Gasteiger partial charge in [0.1, 0.15) is 0 Å². The Labute approximate surface area is 115 Å². The molecule has 6 heteroatoms. The summed E-state index contributed by atoms with van der Waals surface area (Å²) in [6.45, 7) is 0.312. The van der Waals surface area contributed by atoms with Crippen LogP contribution in [0.5, 0.6) is 0 Å². The maximum absolute atomic E-state index is 11.9. The van der Waals surface area contributed by atoms with Gasteiger partial charge < -0.3 is 9.88 Å². The topological polar surface area (TPSA) is 79.8 Å². The van der Waals surface area contributed by atoms with Crippen LogP contribution in [0, 0.1) is 11.3 Å². The number of aryl methyl sites for hydroxylation is 1. The number of hydrogen-bond donors (Lipinski definition) is 1. The molecule has 0 atom stereocenters. The van der Waals surface area contributed by atoms with Crippen LogP contribution in [-0.4, -0.2) is 9.13 Å². The second-order valence-electron chi connectivity index (χ2n) is 4.45. The maximum Gasteiger partial charge on any atom is 0.330 e. The first-order chi connectivity index (χ1) is 9.52. The van der Waals surface area contributed by atoms with Crippen molar-refractivity contribution in [2.45, 2.75) is 6.54 Å². The van der Waals surface area contributed by atoms with Gasteiger partial charge in [0.15, 0.2) is 0 Å². The number of nitrogens with zero attached hydrogens (tertiary/aromatic N) is 3. The fourth-order valence-electron chi connectivity index (χ4n) is 1.86. The molecular weight excluding hydrogens is 256 g/mol. The molecule has 2 rings (SSSR count). The summed E-state index contributed by atoms with van der Waals surface area (Å²) in [7, 11) is 3.06. The number of anilines is 1. The summed E-state index contributed by atoms with van der Waals surface area (Å²) in [5.41, 5.74) is 1.22. The first-order valence-electron chi connectivity index (χ1n) is 6.02. The molecule has 0 spiro atoms. The van der Waals surface area contributed by atoms with E-state index in [1.165, 1.54) is 17.8 Å². The van der Waals surface area contributed by atoms with Gasteiger partial charge in [0.25, 0.3) is 5.56 Å². The Morgan fingerprint density at radius 2 is 1.85 bits per heavy atom. The van der Waals surface area contributed by atoms with Crippen molar-refractivity contribution in [3.63, 3.8) is 0 Å². The molecule has 0 amide bonds. The highest BCUT2D eigenvalue weighted by atomic mass is 16.2. The van der Waals surface area contributed by atoms with Gasteiger partial charge >= 0.3 is 5.69 Å². The van der Waals surface area contributed by atoms with E-state index >= 15 is 0 Å². The summed E-state index contributed by atoms with van der Waals surface area (Å²) in [6.07, 6.45) is 1.53. The Kier molecular flexibility index (Phi) is 3.71. The van der Waals surface area contributed by atoms with Gasteiger partial charge in [-0.2, -0.15) is 5.26 Å². The molecule has 0 bridgehead atoms. The first-order valence-corrected chi connectivity index (χ1v) is 6.02. The number of aromatic nitrogens is 2. The van der Waals surface area contributed by atoms with E-state index in [2.05, 4.69) is 5.32 Å². The Bertz CT molecular complexity index is 779. The number of nitriles is 1. The summed E-state index contributed by atoms with van der Waals surface area (Å²) >= 11 is 0. The standard InChI is InChI=1S/C14H14N4O2/c1-17-9-11(13(19)18(2)14(17)20)8-16-12-5-3-10(7-15)4-6-12/h3-6,9,16H,8H2,1-2H3. The summed E-state index contributed by atoms with van der Waals surface area (Å²) in [5, 5.41) is 11.8. The van der Waals surface area contributed by atoms with Gasteiger partial charge in [-0.15, -0.1) is 0 Å². The van der Waals surface area contributed by atoms with Crippen molar-refractivity contribution in [3.8, 4) is 6.07 Å². The Morgan fingerprint density at radius 1 is 1.20 bits per heavy atom. The lowest BCUT2D eigenvalue weighted by Crippen LogP contribution is -2.38. The maximum atomic E-state index is 11.9. The normalized spacial score (nSPS) is 10.1. The zero-order valence-corrected chi connectivity index (χ0v) is 11.3. The minimum absolute atomic E-state index is 0.311. The second-order valence-corrected chi connectivity index (χ2v) is 4.45. The lowest BCUT2D eigenvalue weighted by Gasteiger charge is -2.09. The molecule has 0 radical (unpaired) electrons. The third-order valence-corrected chi connectivity index (χ3v) is 3.01. The van der Waals surface area contributed by atoms with Crippen LogP contribution in [0.15, 0.2) is 40.1 Å². The van der Waals surface area contributed by atoms with Crippen molar-refractivity contribution in [1.29, 1.82) is 5.26 Å². The third-order valence-electron chi connectivity index (χ3n) is 3.01. The molecule has 20 heavy (non-hydrogen) atoms. The zero-order chi connectivity index (χ0) is 14.7. The number of rotatable bonds is 3. The van der Waals surface area contributed by atoms with Gasteiger partial charge in [-0.3, -0.25) is 9.36 Å². The molecule has 6 nitrogen and oxygen atoms in total. The van der Waals surface area contributed by atoms with Crippen LogP contribution in [0.25, 0.3) is 0 Å². The van der Waals surface area contributed by atoms with E-state index in [9.17, 15) is 9.59 Å². The van der Waals surface area contributed by atoms with Crippen LogP contribution in [0.3, 0.4) is 0 Å². The Hall–Kier alpha value is -2.81. The molecule has 1 N–H and O–H groups in total. The average Bonchev–Trinajstić information content (AvgIpc) is 2.48. The highest BCUT2D eigenvalue weighted by Crippen LogP contribution is 2.09. The molecular formula is C14H14N4O2. The predicted molar refractivity (Wildman–Crippen MR) is 75.4 cm³/mol. The highest BCUT2D eigenvalue weighted by Gasteiger charge is 2.06. The fraction of sp³-hybridized carbons (Fsp3) is 0.214. The fourth-order valence-corrected chi connectivity index (χ4v) is 1.86. The Morgan fingerprint density at radius 3 is 2.45 bits per heavy atom. The van der Waals surface area contributed by atoms with Crippen molar-refractivity contribution < 1.29 is 0 Å². The molecule has 0 aliphatic rings. The van der Waals surface area contributed by atoms with Crippen molar-refractivity contribution in [1.82, 2.24) is 9.13 Å². The second kappa shape index (κ2) is 5.45. The minimum atomic E-state index is -0.350. The molecule has 1 heterocycles. The van der Waals surface area contributed by atoms with Crippen molar-refractivity contribution in [2.75, 3.05) is 5.32 Å². The number of hydrogen-bond acceptors (Lipinski definition) is 4. The largest absolute Gasteiger partial charge is 0.381 e. The molecule has 1 aromatic heterocycles. The SMILES string of the molecule is Cn1cc(CNc2ccc(C#N)cc2)c(=O)n(C)c1=O. The van der Waals surface area contributed by atoms with Crippen molar-refractivity contribution >= 4 is 5.69 Å². The van der Waals surface area contributed by atoms with Gasteiger partial charge in [-0.05, 0) is 24.3 Å². The van der Waals surface area contributed by atoms with Crippen LogP contribution in [0.4, 0.5) is 5.69 Å². The smallest absolute Gasteiger partial charge is 0.330 e. The number of benzene rings is 1. The van der Waals surface area contributed by atoms with Crippen LogP contribution >= 0.6 is 0 Å². The molecule has 0 saturated heterocycles. The van der Waals surface area contributed by atoms with Gasteiger partial charge in [0, 0.05) is 32.5 Å². The van der Waals surface area contributed by atoms with Crippen molar-refractivity contribution in [2.24, 2.45) is 14.1 Å². The third kappa shape index (κ3) is 2.62. The van der Waals surface area contributed by atoms with E-state index in [0.29, 0.717) is 17.7 Å². The predicted octanol–water partition coefficient (Wildman–Crippen LogP) is 0.568. The zero-order valence-electron chi connectivity index (χ0n) is 11.3. The van der Waals surface area contributed by atoms with Crippen LogP contribution in [-0.2, 0) is 20.6 Å². The van der Waals surface area contributed by atoms with E-state index in [1.54, 1.807) is 31.3 Å². The summed E-state index contributed by atoms with van der Waals surface area (Å²) in [6, 6.07) is 8.97. The van der Waals surface area contributed by atoms with E-state index in [1.807, 2.05) is 6.07 Å². The summed E-state index contributed by atoms with van der Waals surface area (Å²) in [4.78, 5) is 23.5. The van der Waals surface area contributed by atoms with E-state index < -0.39 is 0 Å². The quantitative estimate of drug-likeness (QED) is 0.884. The number of nitrogens with one attached hydrogen (secondary N) is 1. The van der Waals surface area contributed by atoms with Gasteiger partial charge in [-0.25, -0.2) is 4.79 Å². The summed E-state index contributed by atoms with van der Waals surface area (Å²) < 4.78 is 2.45. The van der Waals surface area contributed by atoms with Gasteiger partial charge in [-0.1, -0.05) is 0 Å². The molecule has 0 aliphatic heterocycles. The van der Waals surface area contributed by atoms with Crippen LogP contribution < -0.4 is 16.6 Å².